The Hall–Kier alpha value is -2.61. The minimum absolute atomic E-state index is 0.0890. The summed E-state index contributed by atoms with van der Waals surface area (Å²) in [4.78, 5) is 24.1. The molecule has 0 saturated heterocycles. The first-order valence-electron chi connectivity index (χ1n) is 7.50. The lowest BCUT2D eigenvalue weighted by Crippen LogP contribution is -2.20. The minimum Gasteiger partial charge on any atom is -0.338 e. The maximum absolute atomic E-state index is 12.6. The van der Waals surface area contributed by atoms with Crippen molar-refractivity contribution in [2.45, 2.75) is 12.7 Å². The molecule has 0 bridgehead atoms. The molecule has 0 aliphatic heterocycles. The largest absolute Gasteiger partial charge is 0.416 e. The molecule has 0 spiro atoms. The molecule has 1 amide bonds. The number of amides is 1. The Morgan fingerprint density at radius 2 is 1.77 bits per heavy atom. The van der Waals surface area contributed by atoms with E-state index in [1.807, 2.05) is 0 Å². The lowest BCUT2D eigenvalue weighted by molar-refractivity contribution is -0.137. The number of anilines is 1. The maximum atomic E-state index is 12.6. The number of alkyl halides is 3. The topological polar surface area (TPSA) is 51.1 Å². The third kappa shape index (κ3) is 3.96. The van der Waals surface area contributed by atoms with Gasteiger partial charge in [-0.2, -0.15) is 13.2 Å². The molecule has 8 heteroatoms. The number of benzene rings is 2. The summed E-state index contributed by atoms with van der Waals surface area (Å²) in [5, 5.41) is 3.02. The number of carbonyl (C=O) groups is 1. The SMILES string of the molecule is O=C(Cn1ccc(=O)c2ccc(Br)cc21)Nc1ccc(C(F)(F)F)cc1. The molecule has 26 heavy (non-hydrogen) atoms. The summed E-state index contributed by atoms with van der Waals surface area (Å²) in [7, 11) is 0. The first-order chi connectivity index (χ1) is 12.2. The molecule has 0 radical (unpaired) electrons. The Morgan fingerprint density at radius 1 is 1.08 bits per heavy atom. The number of hydrogen-bond donors (Lipinski definition) is 1. The van der Waals surface area contributed by atoms with Gasteiger partial charge in [-0.05, 0) is 42.5 Å². The van der Waals surface area contributed by atoms with E-state index < -0.39 is 17.6 Å². The zero-order valence-corrected chi connectivity index (χ0v) is 14.8. The smallest absolute Gasteiger partial charge is 0.338 e. The molecule has 134 valence electrons. The van der Waals surface area contributed by atoms with Crippen molar-refractivity contribution in [3.63, 3.8) is 0 Å². The van der Waals surface area contributed by atoms with E-state index in [4.69, 9.17) is 0 Å². The predicted octanol–water partition coefficient (Wildman–Crippen LogP) is 4.42. The van der Waals surface area contributed by atoms with Crippen LogP contribution in [0.5, 0.6) is 0 Å². The zero-order valence-electron chi connectivity index (χ0n) is 13.2. The molecule has 0 saturated carbocycles. The van der Waals surface area contributed by atoms with E-state index in [2.05, 4.69) is 21.2 Å². The van der Waals surface area contributed by atoms with Gasteiger partial charge < -0.3 is 9.88 Å². The van der Waals surface area contributed by atoms with Gasteiger partial charge >= 0.3 is 6.18 Å². The quantitative estimate of drug-likeness (QED) is 0.676. The van der Waals surface area contributed by atoms with Gasteiger partial charge in [0.25, 0.3) is 0 Å². The molecule has 1 aromatic heterocycles. The fourth-order valence-electron chi connectivity index (χ4n) is 2.51. The van der Waals surface area contributed by atoms with E-state index >= 15 is 0 Å². The Balaban J connectivity index is 1.80. The molecule has 2 aromatic carbocycles. The fourth-order valence-corrected chi connectivity index (χ4v) is 2.86. The predicted molar refractivity (Wildman–Crippen MR) is 96.0 cm³/mol. The van der Waals surface area contributed by atoms with Crippen LogP contribution in [-0.4, -0.2) is 10.5 Å². The number of halogens is 4. The van der Waals surface area contributed by atoms with Crippen molar-refractivity contribution >= 4 is 38.4 Å². The van der Waals surface area contributed by atoms with Crippen molar-refractivity contribution in [1.29, 1.82) is 0 Å². The highest BCUT2D eigenvalue weighted by Gasteiger charge is 2.29. The number of hydrogen-bond acceptors (Lipinski definition) is 2. The molecule has 0 aliphatic rings. The van der Waals surface area contributed by atoms with Gasteiger partial charge in [-0.25, -0.2) is 0 Å². The monoisotopic (exact) mass is 424 g/mol. The van der Waals surface area contributed by atoms with Gasteiger partial charge in [0.1, 0.15) is 6.54 Å². The second-order valence-electron chi connectivity index (χ2n) is 5.59. The number of carbonyl (C=O) groups excluding carboxylic acids is 1. The van der Waals surface area contributed by atoms with Crippen molar-refractivity contribution in [2.75, 3.05) is 5.32 Å². The van der Waals surface area contributed by atoms with Crippen LogP contribution in [0.25, 0.3) is 10.9 Å². The van der Waals surface area contributed by atoms with Crippen LogP contribution in [-0.2, 0) is 17.5 Å². The van der Waals surface area contributed by atoms with Crippen LogP contribution in [0.4, 0.5) is 18.9 Å². The first kappa shape index (κ1) is 18.2. The van der Waals surface area contributed by atoms with Crippen LogP contribution in [0.3, 0.4) is 0 Å². The molecule has 0 aliphatic carbocycles. The van der Waals surface area contributed by atoms with Gasteiger partial charge in [0, 0.05) is 27.8 Å². The van der Waals surface area contributed by atoms with Gasteiger partial charge in [-0.15, -0.1) is 0 Å². The lowest BCUT2D eigenvalue weighted by Gasteiger charge is -2.12. The van der Waals surface area contributed by atoms with Crippen molar-refractivity contribution in [3.05, 3.63) is 75.0 Å². The summed E-state index contributed by atoms with van der Waals surface area (Å²) in [6, 6.07) is 10.7. The van der Waals surface area contributed by atoms with Gasteiger partial charge in [0.15, 0.2) is 5.43 Å². The highest BCUT2D eigenvalue weighted by molar-refractivity contribution is 9.10. The summed E-state index contributed by atoms with van der Waals surface area (Å²) in [5.74, 6) is -0.422. The highest BCUT2D eigenvalue weighted by atomic mass is 79.9. The van der Waals surface area contributed by atoms with Crippen molar-refractivity contribution in [3.8, 4) is 0 Å². The number of pyridine rings is 1. The third-order valence-corrected chi connectivity index (χ3v) is 4.24. The molecule has 1 heterocycles. The van der Waals surface area contributed by atoms with E-state index in [-0.39, 0.29) is 17.7 Å². The van der Waals surface area contributed by atoms with Gasteiger partial charge in [0.05, 0.1) is 11.1 Å². The van der Waals surface area contributed by atoms with Gasteiger partial charge in [-0.1, -0.05) is 15.9 Å². The molecular weight excluding hydrogens is 413 g/mol. The van der Waals surface area contributed by atoms with Crippen molar-refractivity contribution < 1.29 is 18.0 Å². The van der Waals surface area contributed by atoms with E-state index in [1.54, 1.807) is 22.8 Å². The number of aromatic nitrogens is 1. The Bertz CT molecular complexity index is 1030. The van der Waals surface area contributed by atoms with Crippen LogP contribution in [0, 0.1) is 0 Å². The molecular formula is C18H12BrF3N2O2. The Labute approximate surface area is 154 Å². The number of fused-ring (bicyclic) bond motifs is 1. The third-order valence-electron chi connectivity index (χ3n) is 3.75. The average molecular weight is 425 g/mol. The Morgan fingerprint density at radius 3 is 2.42 bits per heavy atom. The van der Waals surface area contributed by atoms with Crippen molar-refractivity contribution in [1.82, 2.24) is 4.57 Å². The summed E-state index contributed by atoms with van der Waals surface area (Å²) in [6.07, 6.45) is -2.92. The van der Waals surface area contributed by atoms with E-state index in [1.165, 1.54) is 24.4 Å². The Kier molecular flexibility index (Phi) is 4.86. The van der Waals surface area contributed by atoms with Crippen LogP contribution < -0.4 is 10.7 Å². The van der Waals surface area contributed by atoms with E-state index in [9.17, 15) is 22.8 Å². The minimum atomic E-state index is -4.43. The normalized spacial score (nSPS) is 11.5. The molecule has 0 unspecified atom stereocenters. The van der Waals surface area contributed by atoms with E-state index in [0.717, 1.165) is 16.6 Å². The molecule has 1 N–H and O–H groups in total. The van der Waals surface area contributed by atoms with E-state index in [0.29, 0.717) is 10.9 Å². The first-order valence-corrected chi connectivity index (χ1v) is 8.29. The summed E-state index contributed by atoms with van der Waals surface area (Å²) in [5.41, 5.74) is -0.109. The van der Waals surface area contributed by atoms with Gasteiger partial charge in [-0.3, -0.25) is 9.59 Å². The molecule has 3 rings (SSSR count). The highest BCUT2D eigenvalue weighted by Crippen LogP contribution is 2.29. The van der Waals surface area contributed by atoms with Crippen LogP contribution in [0.15, 0.2) is 64.0 Å². The zero-order chi connectivity index (χ0) is 18.9. The summed E-state index contributed by atoms with van der Waals surface area (Å²) in [6.45, 7) is -0.0890. The lowest BCUT2D eigenvalue weighted by atomic mass is 10.2. The second kappa shape index (κ2) is 6.95. The summed E-state index contributed by atoms with van der Waals surface area (Å²) >= 11 is 3.33. The number of rotatable bonds is 3. The van der Waals surface area contributed by atoms with Crippen LogP contribution in [0.1, 0.15) is 5.56 Å². The molecule has 4 nitrogen and oxygen atoms in total. The number of nitrogens with zero attached hydrogens (tertiary/aromatic N) is 1. The van der Waals surface area contributed by atoms with Crippen LogP contribution in [0.2, 0.25) is 0 Å². The average Bonchev–Trinajstić information content (AvgIpc) is 2.57. The summed E-state index contributed by atoms with van der Waals surface area (Å²) < 4.78 is 40.0. The molecule has 0 atom stereocenters. The van der Waals surface area contributed by atoms with Crippen LogP contribution >= 0.6 is 15.9 Å². The van der Waals surface area contributed by atoms with Crippen molar-refractivity contribution in [2.24, 2.45) is 0 Å². The molecule has 3 aromatic rings. The fraction of sp³-hybridized carbons (Fsp3) is 0.111. The van der Waals surface area contributed by atoms with Gasteiger partial charge in [0.2, 0.25) is 5.91 Å². The second-order valence-corrected chi connectivity index (χ2v) is 6.51. The standard InChI is InChI=1S/C18H12BrF3N2O2/c19-12-3-6-14-15(9-12)24(8-7-16(14)25)10-17(26)23-13-4-1-11(2-5-13)18(20,21)22/h1-9H,10H2,(H,23,26). The molecule has 0 fully saturated rings. The maximum Gasteiger partial charge on any atom is 0.416 e. The number of nitrogens with one attached hydrogen (secondary N) is 1.